The van der Waals surface area contributed by atoms with Crippen LogP contribution in [0.5, 0.6) is 0 Å². The molecule has 0 aliphatic carbocycles. The summed E-state index contributed by atoms with van der Waals surface area (Å²) in [7, 11) is 0. The molecule has 29 heavy (non-hydrogen) atoms. The Hall–Kier alpha value is -2.32. The van der Waals surface area contributed by atoms with Gasteiger partial charge in [-0.05, 0) is 6.26 Å². The van der Waals surface area contributed by atoms with Gasteiger partial charge in [0.1, 0.15) is 21.9 Å². The molecule has 2 fully saturated rings. The van der Waals surface area contributed by atoms with Gasteiger partial charge in [0.15, 0.2) is 5.71 Å². The van der Waals surface area contributed by atoms with Crippen LogP contribution in [0.25, 0.3) is 0 Å². The van der Waals surface area contributed by atoms with Crippen molar-refractivity contribution in [3.8, 4) is 0 Å². The first-order chi connectivity index (χ1) is 13.8. The van der Waals surface area contributed by atoms with E-state index in [4.69, 9.17) is 5.11 Å². The Morgan fingerprint density at radius 1 is 1.48 bits per heavy atom. The number of β-lactam (4-membered cyclic amide) rings is 1. The number of carboxylic acid groups (broad SMARTS) is 2. The van der Waals surface area contributed by atoms with Gasteiger partial charge in [0.25, 0.3) is 5.91 Å². The van der Waals surface area contributed by atoms with Crippen molar-refractivity contribution < 1.29 is 34.2 Å². The largest absolute Gasteiger partial charge is 0.480 e. The Bertz CT molecular complexity index is 862. The molecule has 2 unspecified atom stereocenters. The highest BCUT2D eigenvalue weighted by molar-refractivity contribution is 8.04. The van der Waals surface area contributed by atoms with E-state index in [1.54, 1.807) is 6.26 Å². The summed E-state index contributed by atoms with van der Waals surface area (Å²) < 4.78 is -1.08. The van der Waals surface area contributed by atoms with E-state index in [1.807, 2.05) is 0 Å². The highest BCUT2D eigenvalue weighted by Gasteiger charge is 2.57. The van der Waals surface area contributed by atoms with Gasteiger partial charge < -0.3 is 25.3 Å². The standard InChI is InChI=1S/C15H16N4O7S3/c1-27-15(14(24)25)4-19-12(23)10(13(19)29-5-15)17-11(22)9(7-3-28-6-16-7)18-26-2-8(20)21/h3,6,10,13H,2,4-5H2,1H3,(H,17,22)(H,20,21)(H,24,25)/t10?,13-,15?/m1/s1. The lowest BCUT2D eigenvalue weighted by atomic mass is 10.0. The normalized spacial score (nSPS) is 26.3. The fourth-order valence-corrected chi connectivity index (χ4v) is 5.83. The highest BCUT2D eigenvalue weighted by atomic mass is 32.2. The summed E-state index contributed by atoms with van der Waals surface area (Å²) in [6.45, 7) is -0.678. The van der Waals surface area contributed by atoms with Crippen molar-refractivity contribution >= 4 is 64.3 Å². The number of aromatic nitrogens is 1. The number of nitrogens with zero attached hydrogens (tertiary/aromatic N) is 3. The van der Waals surface area contributed by atoms with Gasteiger partial charge in [-0.2, -0.15) is 0 Å². The minimum absolute atomic E-state index is 0.0567. The maximum atomic E-state index is 12.6. The van der Waals surface area contributed by atoms with E-state index in [-0.39, 0.29) is 29.2 Å². The molecule has 0 radical (unpaired) electrons. The molecular weight excluding hydrogens is 444 g/mol. The summed E-state index contributed by atoms with van der Waals surface area (Å²) >= 11 is 3.67. The van der Waals surface area contributed by atoms with Crippen molar-refractivity contribution in [1.29, 1.82) is 0 Å². The highest BCUT2D eigenvalue weighted by Crippen LogP contribution is 2.43. The first-order valence-corrected chi connectivity index (χ1v) is 11.3. The Labute approximate surface area is 176 Å². The number of nitrogens with one attached hydrogen (secondary N) is 1. The lowest BCUT2D eigenvalue weighted by Gasteiger charge is -2.53. The summed E-state index contributed by atoms with van der Waals surface area (Å²) in [6, 6.07) is -0.843. The van der Waals surface area contributed by atoms with Gasteiger partial charge in [-0.25, -0.2) is 9.78 Å². The van der Waals surface area contributed by atoms with Gasteiger partial charge in [0.2, 0.25) is 12.5 Å². The molecule has 2 aliphatic heterocycles. The number of carboxylic acids is 2. The summed E-state index contributed by atoms with van der Waals surface area (Å²) in [5.41, 5.74) is 1.41. The van der Waals surface area contributed by atoms with Crippen LogP contribution in [0.2, 0.25) is 0 Å². The SMILES string of the molecule is CSC1(C(=O)O)CS[C@@H]2C(NC(=O)C(=NOCC(=O)O)c3cscn3)C(=O)N2C1. The lowest BCUT2D eigenvalue weighted by molar-refractivity contribution is -0.151. The second-order valence-electron chi connectivity index (χ2n) is 6.10. The average molecular weight is 461 g/mol. The second kappa shape index (κ2) is 8.59. The van der Waals surface area contributed by atoms with Crippen LogP contribution in [-0.4, -0.2) is 90.9 Å². The van der Waals surface area contributed by atoms with Crippen LogP contribution in [-0.2, 0) is 24.0 Å². The molecule has 1 aromatic heterocycles. The maximum Gasteiger partial charge on any atom is 0.344 e. The molecule has 2 amide bonds. The molecule has 0 bridgehead atoms. The zero-order valence-corrected chi connectivity index (χ0v) is 17.4. The van der Waals surface area contributed by atoms with Gasteiger partial charge in [0.05, 0.1) is 5.51 Å². The minimum Gasteiger partial charge on any atom is -0.480 e. The first kappa shape index (κ1) is 21.4. The molecule has 3 heterocycles. The first-order valence-electron chi connectivity index (χ1n) is 8.11. The Kier molecular flexibility index (Phi) is 6.33. The molecule has 0 spiro atoms. The third-order valence-electron chi connectivity index (χ3n) is 4.36. The van der Waals surface area contributed by atoms with E-state index in [2.05, 4.69) is 20.3 Å². The molecule has 14 heteroatoms. The van der Waals surface area contributed by atoms with Gasteiger partial charge in [0, 0.05) is 17.7 Å². The fourth-order valence-electron chi connectivity index (χ4n) is 2.79. The molecule has 3 atom stereocenters. The van der Waals surface area contributed by atoms with E-state index in [0.717, 1.165) is 0 Å². The van der Waals surface area contributed by atoms with Crippen LogP contribution in [0.15, 0.2) is 16.0 Å². The summed E-state index contributed by atoms with van der Waals surface area (Å²) in [4.78, 5) is 57.4. The van der Waals surface area contributed by atoms with Gasteiger partial charge in [-0.15, -0.1) is 34.9 Å². The lowest BCUT2D eigenvalue weighted by Crippen LogP contribution is -2.74. The van der Waals surface area contributed by atoms with Crippen molar-refractivity contribution in [3.05, 3.63) is 16.6 Å². The fraction of sp³-hybridized carbons (Fsp3) is 0.467. The minimum atomic E-state index is -1.26. The molecule has 3 rings (SSSR count). The number of rotatable bonds is 8. The average Bonchev–Trinajstić information content (AvgIpc) is 3.22. The number of hydrogen-bond donors (Lipinski definition) is 3. The molecule has 2 saturated heterocycles. The second-order valence-corrected chi connectivity index (χ2v) is 9.12. The third kappa shape index (κ3) is 4.18. The number of oxime groups is 1. The number of amides is 2. The summed E-state index contributed by atoms with van der Waals surface area (Å²) in [5.74, 6) is -3.08. The van der Waals surface area contributed by atoms with Crippen LogP contribution in [0.4, 0.5) is 0 Å². The Balaban J connectivity index is 1.69. The molecule has 0 saturated carbocycles. The van der Waals surface area contributed by atoms with Crippen LogP contribution in [0, 0.1) is 0 Å². The smallest absolute Gasteiger partial charge is 0.344 e. The number of aliphatic carboxylic acids is 2. The molecule has 0 aromatic carbocycles. The summed E-state index contributed by atoms with van der Waals surface area (Å²) in [6.07, 6.45) is 1.69. The topological polar surface area (TPSA) is 158 Å². The van der Waals surface area contributed by atoms with Gasteiger partial charge in [-0.1, -0.05) is 5.16 Å². The van der Waals surface area contributed by atoms with E-state index < -0.39 is 35.2 Å². The molecular formula is C15H16N4O7S3. The monoisotopic (exact) mass is 460 g/mol. The van der Waals surface area contributed by atoms with Crippen LogP contribution in [0.1, 0.15) is 5.69 Å². The molecule has 3 N–H and O–H groups in total. The zero-order valence-electron chi connectivity index (χ0n) is 14.9. The molecule has 11 nitrogen and oxygen atoms in total. The van der Waals surface area contributed by atoms with E-state index in [1.165, 1.54) is 50.7 Å². The quantitative estimate of drug-likeness (QED) is 0.263. The van der Waals surface area contributed by atoms with Crippen molar-refractivity contribution in [2.75, 3.05) is 25.2 Å². The Morgan fingerprint density at radius 3 is 2.83 bits per heavy atom. The molecule has 156 valence electrons. The number of fused-ring (bicyclic) bond motifs is 1. The number of carbonyl (C=O) groups excluding carboxylic acids is 2. The zero-order chi connectivity index (χ0) is 21.2. The van der Waals surface area contributed by atoms with Gasteiger partial charge in [-0.3, -0.25) is 14.4 Å². The number of thiazole rings is 1. The number of carbonyl (C=O) groups is 4. The number of thioether (sulfide) groups is 2. The predicted octanol–water partition coefficient (Wildman–Crippen LogP) is -0.465. The molecule has 2 aliphatic rings. The Morgan fingerprint density at radius 2 is 2.24 bits per heavy atom. The summed E-state index contributed by atoms with van der Waals surface area (Å²) in [5, 5.41) is 25.4. The molecule has 1 aromatic rings. The van der Waals surface area contributed by atoms with Crippen LogP contribution in [0.3, 0.4) is 0 Å². The van der Waals surface area contributed by atoms with Crippen molar-refractivity contribution in [2.24, 2.45) is 5.16 Å². The number of hydrogen-bond acceptors (Lipinski definition) is 10. The van der Waals surface area contributed by atoms with E-state index in [0.29, 0.717) is 5.75 Å². The van der Waals surface area contributed by atoms with Crippen LogP contribution < -0.4 is 5.32 Å². The van der Waals surface area contributed by atoms with Crippen molar-refractivity contribution in [1.82, 2.24) is 15.2 Å². The predicted molar refractivity (Wildman–Crippen MR) is 106 cm³/mol. The third-order valence-corrected chi connectivity index (χ3v) is 7.88. The van der Waals surface area contributed by atoms with E-state index in [9.17, 15) is 24.3 Å². The van der Waals surface area contributed by atoms with Crippen molar-refractivity contribution in [3.63, 3.8) is 0 Å². The van der Waals surface area contributed by atoms with Crippen molar-refractivity contribution in [2.45, 2.75) is 16.2 Å². The van der Waals surface area contributed by atoms with E-state index >= 15 is 0 Å². The van der Waals surface area contributed by atoms with Crippen LogP contribution >= 0.6 is 34.9 Å². The maximum absolute atomic E-state index is 12.6. The van der Waals surface area contributed by atoms with Gasteiger partial charge >= 0.3 is 11.9 Å².